The van der Waals surface area contributed by atoms with Crippen LogP contribution in [0.25, 0.3) is 0 Å². The first-order chi connectivity index (χ1) is 9.83. The van der Waals surface area contributed by atoms with Gasteiger partial charge in [-0.3, -0.25) is 0 Å². The first-order valence-electron chi connectivity index (χ1n) is 6.73. The zero-order valence-corrected chi connectivity index (χ0v) is 13.9. The number of benzene rings is 1. The van der Waals surface area contributed by atoms with Crippen molar-refractivity contribution in [2.75, 3.05) is 0 Å². The van der Waals surface area contributed by atoms with E-state index in [1.54, 1.807) is 24.5 Å². The van der Waals surface area contributed by atoms with Crippen LogP contribution in [0.15, 0.2) is 34.9 Å². The van der Waals surface area contributed by atoms with Crippen molar-refractivity contribution in [3.8, 4) is 5.75 Å². The Hall–Kier alpha value is -1.16. The monoisotopic (exact) mass is 327 g/mol. The van der Waals surface area contributed by atoms with Gasteiger partial charge >= 0.3 is 0 Å². The van der Waals surface area contributed by atoms with E-state index in [0.29, 0.717) is 28.9 Å². The van der Waals surface area contributed by atoms with Crippen molar-refractivity contribution >= 4 is 23.2 Å². The van der Waals surface area contributed by atoms with Gasteiger partial charge in [0.1, 0.15) is 18.1 Å². The Morgan fingerprint density at radius 3 is 2.43 bits per heavy atom. The highest BCUT2D eigenvalue weighted by molar-refractivity contribution is 6.34. The van der Waals surface area contributed by atoms with Crippen molar-refractivity contribution in [3.05, 3.63) is 51.9 Å². The molecule has 0 aliphatic rings. The maximum Gasteiger partial charge on any atom is 0.124 e. The molecule has 1 aromatic carbocycles. The van der Waals surface area contributed by atoms with E-state index < -0.39 is 0 Å². The number of ether oxygens (including phenoxy) is 1. The number of nitrogens with one attached hydrogen (secondary N) is 1. The largest absolute Gasteiger partial charge is 0.489 e. The van der Waals surface area contributed by atoms with Gasteiger partial charge in [-0.15, -0.1) is 0 Å². The van der Waals surface area contributed by atoms with Crippen LogP contribution in [0.5, 0.6) is 5.75 Å². The van der Waals surface area contributed by atoms with Crippen molar-refractivity contribution in [3.63, 3.8) is 0 Å². The van der Waals surface area contributed by atoms with Crippen LogP contribution in [0.4, 0.5) is 0 Å². The minimum Gasteiger partial charge on any atom is -0.489 e. The summed E-state index contributed by atoms with van der Waals surface area (Å²) in [5.74, 6) is 1.52. The molecular formula is C16H19Cl2NO2. The van der Waals surface area contributed by atoms with Gasteiger partial charge in [-0.2, -0.15) is 0 Å². The number of halogens is 2. The van der Waals surface area contributed by atoms with E-state index in [1.165, 1.54) is 0 Å². The smallest absolute Gasteiger partial charge is 0.124 e. The lowest BCUT2D eigenvalue weighted by atomic mass is 10.1. The molecule has 0 saturated carbocycles. The predicted octanol–water partition coefficient (Wildman–Crippen LogP) is 5.05. The standard InChI is InChI=1S/C16H19Cl2NO2/c1-16(2,3)19-9-15-11(4-5-20-15)10-21-14-7-12(17)6-13(18)8-14/h4-8,19H,9-10H2,1-3H3. The van der Waals surface area contributed by atoms with Gasteiger partial charge in [0, 0.05) is 21.1 Å². The Labute approximate surface area is 135 Å². The topological polar surface area (TPSA) is 34.4 Å². The second-order valence-corrected chi connectivity index (χ2v) is 6.74. The fraction of sp³-hybridized carbons (Fsp3) is 0.375. The molecule has 21 heavy (non-hydrogen) atoms. The Morgan fingerprint density at radius 1 is 1.14 bits per heavy atom. The molecule has 1 aromatic heterocycles. The van der Waals surface area contributed by atoms with Crippen LogP contribution in [0, 0.1) is 0 Å². The van der Waals surface area contributed by atoms with Crippen LogP contribution in [-0.4, -0.2) is 5.54 Å². The molecule has 0 bridgehead atoms. The summed E-state index contributed by atoms with van der Waals surface area (Å²) < 4.78 is 11.2. The molecule has 0 aliphatic heterocycles. The summed E-state index contributed by atoms with van der Waals surface area (Å²) in [5.41, 5.74) is 1.04. The zero-order valence-electron chi connectivity index (χ0n) is 12.4. The van der Waals surface area contributed by atoms with Crippen LogP contribution in [0.3, 0.4) is 0 Å². The van der Waals surface area contributed by atoms with E-state index in [0.717, 1.165) is 11.3 Å². The van der Waals surface area contributed by atoms with E-state index in [2.05, 4.69) is 26.1 Å². The molecule has 1 heterocycles. The fourth-order valence-electron chi connectivity index (χ4n) is 1.77. The van der Waals surface area contributed by atoms with Crippen molar-refractivity contribution in [2.45, 2.75) is 39.5 Å². The Morgan fingerprint density at radius 2 is 1.81 bits per heavy atom. The number of furan rings is 1. The van der Waals surface area contributed by atoms with Crippen LogP contribution in [0.1, 0.15) is 32.1 Å². The molecule has 0 atom stereocenters. The summed E-state index contributed by atoms with van der Waals surface area (Å²) in [7, 11) is 0. The molecule has 2 rings (SSSR count). The molecule has 1 N–H and O–H groups in total. The lowest BCUT2D eigenvalue weighted by molar-refractivity contribution is 0.299. The molecule has 0 fully saturated rings. The van der Waals surface area contributed by atoms with Crippen molar-refractivity contribution in [1.29, 1.82) is 0 Å². The molecule has 0 aliphatic carbocycles. The van der Waals surface area contributed by atoms with Gasteiger partial charge in [0.15, 0.2) is 0 Å². The third kappa shape index (κ3) is 5.27. The summed E-state index contributed by atoms with van der Waals surface area (Å²) in [6.07, 6.45) is 1.67. The van der Waals surface area contributed by atoms with E-state index in [1.807, 2.05) is 6.07 Å². The Kier molecular flexibility index (Phi) is 5.20. The minimum atomic E-state index is 0.0331. The maximum atomic E-state index is 5.95. The van der Waals surface area contributed by atoms with Crippen LogP contribution < -0.4 is 10.1 Å². The molecule has 114 valence electrons. The average Bonchev–Trinajstić information content (AvgIpc) is 2.79. The highest BCUT2D eigenvalue weighted by atomic mass is 35.5. The van der Waals surface area contributed by atoms with E-state index in [-0.39, 0.29) is 5.54 Å². The van der Waals surface area contributed by atoms with Crippen LogP contribution >= 0.6 is 23.2 Å². The second kappa shape index (κ2) is 6.73. The van der Waals surface area contributed by atoms with E-state index in [4.69, 9.17) is 32.4 Å². The molecule has 0 saturated heterocycles. The third-order valence-electron chi connectivity index (χ3n) is 2.85. The van der Waals surface area contributed by atoms with Gasteiger partial charge in [0.2, 0.25) is 0 Å². The average molecular weight is 328 g/mol. The fourth-order valence-corrected chi connectivity index (χ4v) is 2.28. The summed E-state index contributed by atoms with van der Waals surface area (Å²) in [6, 6.07) is 7.06. The maximum absolute atomic E-state index is 5.95. The highest BCUT2D eigenvalue weighted by Gasteiger charge is 2.13. The minimum absolute atomic E-state index is 0.0331. The van der Waals surface area contributed by atoms with Crippen LogP contribution in [-0.2, 0) is 13.2 Å². The van der Waals surface area contributed by atoms with Gasteiger partial charge in [-0.25, -0.2) is 0 Å². The molecule has 0 spiro atoms. The summed E-state index contributed by atoms with van der Waals surface area (Å²) >= 11 is 11.9. The zero-order chi connectivity index (χ0) is 15.5. The van der Waals surface area contributed by atoms with Gasteiger partial charge in [-0.05, 0) is 45.0 Å². The normalized spacial score (nSPS) is 11.7. The molecule has 0 amide bonds. The summed E-state index contributed by atoms with van der Waals surface area (Å²) in [5, 5.41) is 4.50. The SMILES string of the molecule is CC(C)(C)NCc1occc1COc1cc(Cl)cc(Cl)c1. The number of hydrogen-bond donors (Lipinski definition) is 1. The van der Waals surface area contributed by atoms with Gasteiger partial charge in [0.25, 0.3) is 0 Å². The molecule has 3 nitrogen and oxygen atoms in total. The third-order valence-corrected chi connectivity index (χ3v) is 3.28. The van der Waals surface area contributed by atoms with Crippen molar-refractivity contribution < 1.29 is 9.15 Å². The molecule has 5 heteroatoms. The lowest BCUT2D eigenvalue weighted by Crippen LogP contribution is -2.35. The van der Waals surface area contributed by atoms with Gasteiger partial charge < -0.3 is 14.5 Å². The van der Waals surface area contributed by atoms with Crippen molar-refractivity contribution in [2.24, 2.45) is 0 Å². The van der Waals surface area contributed by atoms with Crippen molar-refractivity contribution in [1.82, 2.24) is 5.32 Å². The van der Waals surface area contributed by atoms with E-state index in [9.17, 15) is 0 Å². The first-order valence-corrected chi connectivity index (χ1v) is 7.48. The molecule has 0 radical (unpaired) electrons. The van der Waals surface area contributed by atoms with Crippen LogP contribution in [0.2, 0.25) is 10.0 Å². The second-order valence-electron chi connectivity index (χ2n) is 5.87. The lowest BCUT2D eigenvalue weighted by Gasteiger charge is -2.20. The quantitative estimate of drug-likeness (QED) is 0.834. The van der Waals surface area contributed by atoms with Gasteiger partial charge in [-0.1, -0.05) is 23.2 Å². The number of hydrogen-bond acceptors (Lipinski definition) is 3. The first kappa shape index (κ1) is 16.2. The molecule has 2 aromatic rings. The van der Waals surface area contributed by atoms with Gasteiger partial charge in [0.05, 0.1) is 12.8 Å². The summed E-state index contributed by atoms with van der Waals surface area (Å²) in [4.78, 5) is 0. The highest BCUT2D eigenvalue weighted by Crippen LogP contribution is 2.25. The Bertz CT molecular complexity index is 582. The summed E-state index contributed by atoms with van der Waals surface area (Å²) in [6.45, 7) is 7.40. The number of rotatable bonds is 5. The van der Waals surface area contributed by atoms with E-state index >= 15 is 0 Å². The molecular weight excluding hydrogens is 309 g/mol. The Balaban J connectivity index is 1.99. The molecule has 0 unspecified atom stereocenters. The predicted molar refractivity (Wildman–Crippen MR) is 86.1 cm³/mol.